The molecule has 0 spiro atoms. The first-order chi connectivity index (χ1) is 7.17. The summed E-state index contributed by atoms with van der Waals surface area (Å²) in [6.07, 6.45) is 0. The van der Waals surface area contributed by atoms with Gasteiger partial charge in [-0.2, -0.15) is 0 Å². The number of hydrogen-bond donors (Lipinski definition) is 2. The molecule has 0 heterocycles. The van der Waals surface area contributed by atoms with Crippen LogP contribution in [0.25, 0.3) is 0 Å². The molecule has 0 aliphatic carbocycles. The van der Waals surface area contributed by atoms with E-state index in [0.29, 0.717) is 0 Å². The van der Waals surface area contributed by atoms with Crippen LogP contribution in [0.15, 0.2) is 0 Å². The first kappa shape index (κ1) is 15.6. The Hall–Kier alpha value is 0.571. The van der Waals surface area contributed by atoms with Gasteiger partial charge in [-0.3, -0.25) is 0 Å². The van der Waals surface area contributed by atoms with Crippen LogP contribution in [-0.2, 0) is 0 Å². The van der Waals surface area contributed by atoms with E-state index in [0.717, 1.165) is 9.84 Å². The van der Waals surface area contributed by atoms with Gasteiger partial charge < -0.3 is 9.30 Å². The molecule has 0 rings (SSSR count). The Morgan fingerprint density at radius 2 is 1.40 bits per heavy atom. The topological polar surface area (TPSA) is 24.1 Å². The highest BCUT2D eigenvalue weighted by Crippen LogP contribution is 2.15. The van der Waals surface area contributed by atoms with Crippen LogP contribution in [-0.4, -0.2) is 27.0 Å². The maximum absolute atomic E-state index is 3.86. The largest absolute Gasteiger partial charge is 0.349 e. The molecule has 5 heteroatoms. The van der Waals surface area contributed by atoms with Gasteiger partial charge in [0.05, 0.1) is 0 Å². The summed E-state index contributed by atoms with van der Waals surface area (Å²) < 4.78 is 7.59. The lowest BCUT2D eigenvalue weighted by atomic mass is 10.9. The van der Waals surface area contributed by atoms with Gasteiger partial charge >= 0.3 is 0 Å². The molecule has 0 saturated heterocycles. The van der Waals surface area contributed by atoms with Gasteiger partial charge in [0.15, 0.2) is 0 Å². The van der Waals surface area contributed by atoms with E-state index < -0.39 is 8.24 Å². The number of rotatable bonds is 9. The van der Waals surface area contributed by atoms with Gasteiger partial charge in [0.25, 0.3) is 0 Å². The lowest BCUT2D eigenvalue weighted by Gasteiger charge is -2.29. The molecule has 0 aromatic carbocycles. The molecule has 89 valence electrons. The Kier molecular flexibility index (Phi) is 9.02. The standard InChI is InChI=1S/C10H27N2Si3/c1-6-14(7-2)11-13-12-15(8-3,9-4)10-5/h11-12H,6-10H2,1-5H3. The van der Waals surface area contributed by atoms with E-state index in [1.807, 2.05) is 0 Å². The summed E-state index contributed by atoms with van der Waals surface area (Å²) in [4.78, 5) is 0. The van der Waals surface area contributed by atoms with Crippen molar-refractivity contribution in [1.29, 1.82) is 0 Å². The summed E-state index contributed by atoms with van der Waals surface area (Å²) >= 11 is 0. The van der Waals surface area contributed by atoms with Crippen LogP contribution in [0.2, 0.25) is 30.2 Å². The minimum atomic E-state index is -1.09. The monoisotopic (exact) mass is 259 g/mol. The minimum absolute atomic E-state index is 0.247. The number of hydrogen-bond acceptors (Lipinski definition) is 2. The van der Waals surface area contributed by atoms with Crippen LogP contribution in [0, 0.1) is 0 Å². The van der Waals surface area contributed by atoms with Crippen molar-refractivity contribution in [3.63, 3.8) is 0 Å². The summed E-state index contributed by atoms with van der Waals surface area (Å²) in [5.41, 5.74) is 0. The summed E-state index contributed by atoms with van der Waals surface area (Å²) in [6, 6.07) is 6.79. The molecule has 0 unspecified atom stereocenters. The summed E-state index contributed by atoms with van der Waals surface area (Å²) in [5, 5.41) is 0. The molecule has 0 bridgehead atoms. The fourth-order valence-corrected chi connectivity index (χ4v) is 9.81. The summed E-state index contributed by atoms with van der Waals surface area (Å²) in [5.74, 6) is 0. The van der Waals surface area contributed by atoms with E-state index in [2.05, 4.69) is 43.9 Å². The minimum Gasteiger partial charge on any atom is -0.349 e. The Morgan fingerprint density at radius 3 is 1.73 bits per heavy atom. The summed E-state index contributed by atoms with van der Waals surface area (Å²) in [6.45, 7) is 11.7. The van der Waals surface area contributed by atoms with Crippen LogP contribution in [0.3, 0.4) is 0 Å². The highest BCUT2D eigenvalue weighted by molar-refractivity contribution is 6.83. The molecule has 0 amide bonds. The van der Waals surface area contributed by atoms with Crippen LogP contribution in [0.1, 0.15) is 34.6 Å². The molecule has 0 aliphatic rings. The number of nitrogens with one attached hydrogen (secondary N) is 2. The van der Waals surface area contributed by atoms with Crippen molar-refractivity contribution in [3.05, 3.63) is 0 Å². The van der Waals surface area contributed by atoms with Crippen LogP contribution < -0.4 is 9.30 Å². The van der Waals surface area contributed by atoms with Crippen molar-refractivity contribution in [2.24, 2.45) is 0 Å². The predicted octanol–water partition coefficient (Wildman–Crippen LogP) is 2.74. The Morgan fingerprint density at radius 1 is 0.933 bits per heavy atom. The molecule has 0 saturated carbocycles. The lowest BCUT2D eigenvalue weighted by Crippen LogP contribution is -2.56. The zero-order chi connectivity index (χ0) is 11.7. The molecule has 0 fully saturated rings. The maximum Gasteiger partial charge on any atom is 0.230 e. The smallest absolute Gasteiger partial charge is 0.230 e. The van der Waals surface area contributed by atoms with Crippen molar-refractivity contribution in [1.82, 2.24) is 9.30 Å². The van der Waals surface area contributed by atoms with E-state index in [1.54, 1.807) is 0 Å². The van der Waals surface area contributed by atoms with E-state index in [9.17, 15) is 0 Å². The molecule has 0 aliphatic heterocycles. The third kappa shape index (κ3) is 5.44. The molecular weight excluding hydrogens is 232 g/mol. The second-order valence-electron chi connectivity index (χ2n) is 4.03. The van der Waals surface area contributed by atoms with Crippen molar-refractivity contribution >= 4 is 27.0 Å². The average molecular weight is 260 g/mol. The van der Waals surface area contributed by atoms with Gasteiger partial charge in [0.2, 0.25) is 9.84 Å². The van der Waals surface area contributed by atoms with E-state index in [4.69, 9.17) is 0 Å². The second kappa shape index (κ2) is 8.69. The van der Waals surface area contributed by atoms with Crippen molar-refractivity contribution in [2.75, 3.05) is 0 Å². The molecular formula is C10H27N2Si3. The normalized spacial score (nSPS) is 12.4. The zero-order valence-corrected chi connectivity index (χ0v) is 14.0. The van der Waals surface area contributed by atoms with Gasteiger partial charge in [-0.15, -0.1) is 0 Å². The van der Waals surface area contributed by atoms with Gasteiger partial charge in [0, 0.05) is 0 Å². The third-order valence-corrected chi connectivity index (χ3v) is 13.8. The quantitative estimate of drug-likeness (QED) is 0.622. The van der Waals surface area contributed by atoms with Gasteiger partial charge in [-0.05, 0) is 30.2 Å². The van der Waals surface area contributed by atoms with Gasteiger partial charge in [-0.1, -0.05) is 34.6 Å². The fourth-order valence-electron chi connectivity index (χ4n) is 1.69. The molecule has 3 radical (unpaired) electrons. The van der Waals surface area contributed by atoms with Gasteiger partial charge in [-0.25, -0.2) is 0 Å². The van der Waals surface area contributed by atoms with E-state index in [-0.39, 0.29) is 8.96 Å². The Balaban J connectivity index is 3.89. The summed E-state index contributed by atoms with van der Waals surface area (Å²) in [7, 11) is -0.536. The van der Waals surface area contributed by atoms with Crippen LogP contribution >= 0.6 is 0 Å². The van der Waals surface area contributed by atoms with E-state index >= 15 is 0 Å². The average Bonchev–Trinajstić information content (AvgIpc) is 2.31. The second-order valence-corrected chi connectivity index (χ2v) is 13.6. The Bertz CT molecular complexity index is 139. The SMILES string of the molecule is CC[Si](CC)N[Si]N[Si](CC)(CC)CC. The molecule has 0 aromatic heterocycles. The van der Waals surface area contributed by atoms with Crippen LogP contribution in [0.4, 0.5) is 0 Å². The van der Waals surface area contributed by atoms with Crippen molar-refractivity contribution in [3.8, 4) is 0 Å². The first-order valence-corrected chi connectivity index (χ1v) is 11.8. The van der Waals surface area contributed by atoms with Crippen molar-refractivity contribution < 1.29 is 0 Å². The van der Waals surface area contributed by atoms with Crippen molar-refractivity contribution in [2.45, 2.75) is 64.8 Å². The third-order valence-electron chi connectivity index (χ3n) is 3.45. The maximum atomic E-state index is 3.86. The molecule has 0 aromatic rings. The highest BCUT2D eigenvalue weighted by atomic mass is 28.4. The fraction of sp³-hybridized carbons (Fsp3) is 1.00. The zero-order valence-electron chi connectivity index (χ0n) is 11.0. The predicted molar refractivity (Wildman–Crippen MR) is 75.9 cm³/mol. The molecule has 15 heavy (non-hydrogen) atoms. The van der Waals surface area contributed by atoms with Gasteiger partial charge in [0.1, 0.15) is 17.2 Å². The highest BCUT2D eigenvalue weighted by Gasteiger charge is 2.26. The lowest BCUT2D eigenvalue weighted by molar-refractivity contribution is 1.09. The molecule has 2 N–H and O–H groups in total. The first-order valence-electron chi connectivity index (χ1n) is 6.30. The van der Waals surface area contributed by atoms with E-state index in [1.165, 1.54) is 30.2 Å². The Labute approximate surface area is 101 Å². The molecule has 2 nitrogen and oxygen atoms in total. The van der Waals surface area contributed by atoms with Crippen LogP contribution in [0.5, 0.6) is 0 Å². The molecule has 0 atom stereocenters.